The van der Waals surface area contributed by atoms with Gasteiger partial charge in [0.05, 0.1) is 12.8 Å². The van der Waals surface area contributed by atoms with Crippen molar-refractivity contribution in [3.8, 4) is 5.88 Å². The molecule has 0 spiro atoms. The normalized spacial score (nSPS) is 10.1. The molecule has 0 saturated heterocycles. The second kappa shape index (κ2) is 6.95. The highest BCUT2D eigenvalue weighted by Gasteiger charge is 2.06. The molecule has 0 aliphatic rings. The van der Waals surface area contributed by atoms with E-state index in [1.165, 1.54) is 12.3 Å². The molecule has 0 aliphatic carbocycles. The Balaban J connectivity index is 2.59. The van der Waals surface area contributed by atoms with Gasteiger partial charge in [0.2, 0.25) is 5.88 Å². The van der Waals surface area contributed by atoms with Crippen LogP contribution in [0.2, 0.25) is 0 Å². The van der Waals surface area contributed by atoms with Crippen LogP contribution in [0.3, 0.4) is 0 Å². The summed E-state index contributed by atoms with van der Waals surface area (Å²) in [5.41, 5.74) is 0.737. The van der Waals surface area contributed by atoms with Crippen molar-refractivity contribution in [2.45, 2.75) is 19.4 Å². The maximum absolute atomic E-state index is 13.0. The Labute approximate surface area is 95.3 Å². The van der Waals surface area contributed by atoms with Crippen molar-refractivity contribution in [3.05, 3.63) is 36.3 Å². The first-order chi connectivity index (χ1) is 7.77. The van der Waals surface area contributed by atoms with Crippen LogP contribution in [-0.2, 0) is 6.54 Å². The third-order valence-corrected chi connectivity index (χ3v) is 2.05. The monoisotopic (exact) mass is 224 g/mol. The van der Waals surface area contributed by atoms with Gasteiger partial charge in [0, 0.05) is 12.1 Å². The molecule has 0 unspecified atom stereocenters. The van der Waals surface area contributed by atoms with E-state index < -0.39 is 0 Å². The van der Waals surface area contributed by atoms with Crippen LogP contribution in [0.25, 0.3) is 0 Å². The Morgan fingerprint density at radius 2 is 2.44 bits per heavy atom. The number of unbranched alkanes of at least 4 members (excludes halogenated alkanes) is 1. The molecular weight excluding hydrogens is 207 g/mol. The van der Waals surface area contributed by atoms with Crippen molar-refractivity contribution in [2.75, 3.05) is 13.7 Å². The van der Waals surface area contributed by atoms with Gasteiger partial charge in [-0.1, -0.05) is 6.08 Å². The number of hydrogen-bond acceptors (Lipinski definition) is 3. The quantitative estimate of drug-likeness (QED) is 0.570. The van der Waals surface area contributed by atoms with Crippen molar-refractivity contribution in [2.24, 2.45) is 0 Å². The van der Waals surface area contributed by atoms with Crippen LogP contribution in [0.5, 0.6) is 5.88 Å². The first kappa shape index (κ1) is 12.6. The van der Waals surface area contributed by atoms with E-state index in [1.807, 2.05) is 6.08 Å². The van der Waals surface area contributed by atoms with Gasteiger partial charge >= 0.3 is 0 Å². The summed E-state index contributed by atoms with van der Waals surface area (Å²) < 4.78 is 18.4. The van der Waals surface area contributed by atoms with Crippen LogP contribution in [0.15, 0.2) is 24.9 Å². The second-order valence-electron chi connectivity index (χ2n) is 3.43. The maximum atomic E-state index is 13.0. The zero-order valence-electron chi connectivity index (χ0n) is 9.50. The van der Waals surface area contributed by atoms with Crippen molar-refractivity contribution in [3.63, 3.8) is 0 Å². The first-order valence-corrected chi connectivity index (χ1v) is 5.30. The lowest BCUT2D eigenvalue weighted by molar-refractivity contribution is 0.295. The highest BCUT2D eigenvalue weighted by Crippen LogP contribution is 2.16. The molecule has 1 rings (SSSR count). The molecule has 1 aromatic rings. The number of nitrogens with zero attached hydrogens (tertiary/aromatic N) is 1. The van der Waals surface area contributed by atoms with E-state index in [2.05, 4.69) is 16.9 Å². The number of pyridine rings is 1. The third kappa shape index (κ3) is 3.98. The van der Waals surface area contributed by atoms with E-state index in [0.717, 1.165) is 18.4 Å². The van der Waals surface area contributed by atoms with Crippen molar-refractivity contribution in [1.29, 1.82) is 0 Å². The molecule has 3 nitrogen and oxygen atoms in total. The molecule has 0 atom stereocenters. The predicted molar refractivity (Wildman–Crippen MR) is 61.9 cm³/mol. The highest BCUT2D eigenvalue weighted by molar-refractivity contribution is 5.25. The van der Waals surface area contributed by atoms with E-state index in [1.54, 1.807) is 7.05 Å². The number of rotatable bonds is 7. The van der Waals surface area contributed by atoms with E-state index in [0.29, 0.717) is 19.0 Å². The minimum Gasteiger partial charge on any atom is -0.477 e. The second-order valence-corrected chi connectivity index (χ2v) is 3.43. The zero-order valence-corrected chi connectivity index (χ0v) is 9.50. The fourth-order valence-electron chi connectivity index (χ4n) is 1.31. The van der Waals surface area contributed by atoms with Gasteiger partial charge in [-0.2, -0.15) is 0 Å². The highest BCUT2D eigenvalue weighted by atomic mass is 19.1. The van der Waals surface area contributed by atoms with Gasteiger partial charge in [0.15, 0.2) is 0 Å². The molecule has 88 valence electrons. The molecule has 0 saturated carbocycles. The van der Waals surface area contributed by atoms with Gasteiger partial charge < -0.3 is 10.1 Å². The van der Waals surface area contributed by atoms with Gasteiger partial charge in [0.25, 0.3) is 0 Å². The average Bonchev–Trinajstić information content (AvgIpc) is 2.27. The van der Waals surface area contributed by atoms with Gasteiger partial charge in [0.1, 0.15) is 5.82 Å². The molecule has 1 N–H and O–H groups in total. The summed E-state index contributed by atoms with van der Waals surface area (Å²) in [6.07, 6.45) is 4.81. The number of hydrogen-bond donors (Lipinski definition) is 1. The summed E-state index contributed by atoms with van der Waals surface area (Å²) in [5.74, 6) is 0.156. The van der Waals surface area contributed by atoms with Gasteiger partial charge in [-0.15, -0.1) is 6.58 Å². The summed E-state index contributed by atoms with van der Waals surface area (Å²) in [4.78, 5) is 3.93. The molecular formula is C12H17FN2O. The summed E-state index contributed by atoms with van der Waals surface area (Å²) in [6, 6.07) is 1.44. The lowest BCUT2D eigenvalue weighted by Crippen LogP contribution is -2.09. The Morgan fingerprint density at radius 3 is 3.12 bits per heavy atom. The first-order valence-electron chi connectivity index (χ1n) is 5.30. The Bertz CT molecular complexity index is 342. The van der Waals surface area contributed by atoms with E-state index in [9.17, 15) is 4.39 Å². The molecule has 0 aliphatic heterocycles. The van der Waals surface area contributed by atoms with Crippen LogP contribution in [0.1, 0.15) is 18.4 Å². The van der Waals surface area contributed by atoms with Crippen LogP contribution >= 0.6 is 0 Å². The number of aromatic nitrogens is 1. The van der Waals surface area contributed by atoms with Crippen LogP contribution < -0.4 is 10.1 Å². The summed E-state index contributed by atoms with van der Waals surface area (Å²) in [7, 11) is 1.80. The van der Waals surface area contributed by atoms with E-state index in [-0.39, 0.29) is 5.82 Å². The molecule has 16 heavy (non-hydrogen) atoms. The lowest BCUT2D eigenvalue weighted by Gasteiger charge is -2.09. The van der Waals surface area contributed by atoms with Crippen LogP contribution in [-0.4, -0.2) is 18.6 Å². The van der Waals surface area contributed by atoms with Gasteiger partial charge in [-0.05, 0) is 26.0 Å². The number of halogens is 1. The number of nitrogens with one attached hydrogen (secondary N) is 1. The SMILES string of the molecule is C=CCCCOc1ncc(F)cc1CNC. The van der Waals surface area contributed by atoms with Gasteiger partial charge in [-0.3, -0.25) is 0 Å². The van der Waals surface area contributed by atoms with E-state index >= 15 is 0 Å². The number of allylic oxidation sites excluding steroid dienone is 1. The fraction of sp³-hybridized carbons (Fsp3) is 0.417. The van der Waals surface area contributed by atoms with E-state index in [4.69, 9.17) is 4.74 Å². The molecule has 1 heterocycles. The summed E-state index contributed by atoms with van der Waals surface area (Å²) >= 11 is 0. The predicted octanol–water partition coefficient (Wildman–Crippen LogP) is 2.29. The fourth-order valence-corrected chi connectivity index (χ4v) is 1.31. The van der Waals surface area contributed by atoms with Crippen molar-refractivity contribution >= 4 is 0 Å². The minimum atomic E-state index is -0.344. The molecule has 0 bridgehead atoms. The van der Waals surface area contributed by atoms with Crippen LogP contribution in [0.4, 0.5) is 4.39 Å². The molecule has 0 fully saturated rings. The number of ether oxygens (including phenoxy) is 1. The Morgan fingerprint density at radius 1 is 1.62 bits per heavy atom. The minimum absolute atomic E-state index is 0.344. The lowest BCUT2D eigenvalue weighted by atomic mass is 10.2. The standard InChI is InChI=1S/C12H17FN2O/c1-3-4-5-6-16-12-10(8-14-2)7-11(13)9-15-12/h3,7,9,14H,1,4-6,8H2,2H3. The smallest absolute Gasteiger partial charge is 0.218 e. The Hall–Kier alpha value is -1.42. The summed E-state index contributed by atoms with van der Waals surface area (Å²) in [6.45, 7) is 4.75. The summed E-state index contributed by atoms with van der Waals surface area (Å²) in [5, 5.41) is 2.95. The molecule has 0 aromatic carbocycles. The van der Waals surface area contributed by atoms with Crippen molar-refractivity contribution in [1.82, 2.24) is 10.3 Å². The molecule has 4 heteroatoms. The molecule has 1 aromatic heterocycles. The topological polar surface area (TPSA) is 34.1 Å². The Kier molecular flexibility index (Phi) is 5.50. The zero-order chi connectivity index (χ0) is 11.8. The van der Waals surface area contributed by atoms with Crippen LogP contribution in [0, 0.1) is 5.82 Å². The maximum Gasteiger partial charge on any atom is 0.218 e. The molecule has 0 radical (unpaired) electrons. The largest absolute Gasteiger partial charge is 0.477 e. The van der Waals surface area contributed by atoms with Crippen molar-refractivity contribution < 1.29 is 9.13 Å². The molecule has 0 amide bonds. The van der Waals surface area contributed by atoms with Gasteiger partial charge in [-0.25, -0.2) is 9.37 Å². The third-order valence-electron chi connectivity index (χ3n) is 2.05. The average molecular weight is 224 g/mol.